The number of benzene rings is 1. The van der Waals surface area contributed by atoms with E-state index >= 15 is 0 Å². The summed E-state index contributed by atoms with van der Waals surface area (Å²) in [4.78, 5) is 22.0. The molecular formula is C11H11NO4. The Morgan fingerprint density at radius 2 is 2.19 bits per heavy atom. The zero-order chi connectivity index (χ0) is 12.1. The van der Waals surface area contributed by atoms with E-state index in [1.165, 1.54) is 24.3 Å². The molecule has 0 fully saturated rings. The number of hydrogen-bond donors (Lipinski definition) is 2. The van der Waals surface area contributed by atoms with E-state index in [4.69, 9.17) is 15.6 Å². The molecule has 0 saturated carbocycles. The molecule has 5 heteroatoms. The molecule has 0 aromatic heterocycles. The van der Waals surface area contributed by atoms with Gasteiger partial charge in [-0.05, 0) is 18.2 Å². The van der Waals surface area contributed by atoms with Gasteiger partial charge in [0, 0.05) is 5.69 Å². The van der Waals surface area contributed by atoms with Crippen molar-refractivity contribution in [3.8, 4) is 0 Å². The van der Waals surface area contributed by atoms with Crippen LogP contribution in [0, 0.1) is 0 Å². The summed E-state index contributed by atoms with van der Waals surface area (Å²) in [5.41, 5.74) is 5.79. The van der Waals surface area contributed by atoms with Gasteiger partial charge in [0.25, 0.3) is 0 Å². The lowest BCUT2D eigenvalue weighted by Gasteiger charge is -2.05. The Morgan fingerprint density at radius 1 is 1.50 bits per heavy atom. The van der Waals surface area contributed by atoms with Crippen molar-refractivity contribution in [3.63, 3.8) is 0 Å². The van der Waals surface area contributed by atoms with Crippen LogP contribution in [0.25, 0.3) is 0 Å². The predicted octanol–water partition coefficient (Wildman–Crippen LogP) is 1.31. The average molecular weight is 221 g/mol. The molecule has 1 aromatic carbocycles. The summed E-state index contributed by atoms with van der Waals surface area (Å²) < 4.78 is 4.77. The summed E-state index contributed by atoms with van der Waals surface area (Å²) in [6, 6.07) is 3.83. The van der Waals surface area contributed by atoms with Gasteiger partial charge in [-0.25, -0.2) is 9.59 Å². The topological polar surface area (TPSA) is 89.6 Å². The molecule has 5 nitrogen and oxygen atoms in total. The SMILES string of the molecule is C=CCOC(=O)c1ccc(C(=O)O)cc1N. The smallest absolute Gasteiger partial charge is 0.340 e. The molecule has 3 N–H and O–H groups in total. The molecular weight excluding hydrogens is 210 g/mol. The van der Waals surface area contributed by atoms with E-state index in [2.05, 4.69) is 6.58 Å². The molecule has 0 heterocycles. The van der Waals surface area contributed by atoms with Crippen molar-refractivity contribution in [1.29, 1.82) is 0 Å². The van der Waals surface area contributed by atoms with Gasteiger partial charge in [0.2, 0.25) is 0 Å². The maximum atomic E-state index is 11.4. The number of esters is 1. The van der Waals surface area contributed by atoms with Crippen molar-refractivity contribution in [3.05, 3.63) is 42.0 Å². The van der Waals surface area contributed by atoms with Gasteiger partial charge in [0.15, 0.2) is 0 Å². The quantitative estimate of drug-likeness (QED) is 0.454. The summed E-state index contributed by atoms with van der Waals surface area (Å²) in [6.45, 7) is 3.48. The van der Waals surface area contributed by atoms with E-state index < -0.39 is 11.9 Å². The Morgan fingerprint density at radius 3 is 2.69 bits per heavy atom. The summed E-state index contributed by atoms with van der Waals surface area (Å²) >= 11 is 0. The second-order valence-corrected chi connectivity index (χ2v) is 2.99. The highest BCUT2D eigenvalue weighted by atomic mass is 16.5. The van der Waals surface area contributed by atoms with Crippen LogP contribution in [0.4, 0.5) is 5.69 Å². The third kappa shape index (κ3) is 2.60. The number of anilines is 1. The van der Waals surface area contributed by atoms with Crippen molar-refractivity contribution in [1.82, 2.24) is 0 Å². The number of carbonyl (C=O) groups excluding carboxylic acids is 1. The number of aromatic carboxylic acids is 1. The Hall–Kier alpha value is -2.30. The van der Waals surface area contributed by atoms with E-state index in [1.807, 2.05) is 0 Å². The van der Waals surface area contributed by atoms with Crippen LogP contribution in [-0.2, 0) is 4.74 Å². The van der Waals surface area contributed by atoms with Gasteiger partial charge in [-0.15, -0.1) is 0 Å². The molecule has 0 aliphatic heterocycles. The fourth-order valence-electron chi connectivity index (χ4n) is 1.09. The minimum atomic E-state index is -1.10. The van der Waals surface area contributed by atoms with Gasteiger partial charge < -0.3 is 15.6 Å². The standard InChI is InChI=1S/C11H11NO4/c1-2-5-16-11(15)8-4-3-7(10(13)14)6-9(8)12/h2-4,6H,1,5,12H2,(H,13,14). The van der Waals surface area contributed by atoms with Crippen molar-refractivity contribution in [2.45, 2.75) is 0 Å². The molecule has 0 bridgehead atoms. The third-order valence-corrected chi connectivity index (χ3v) is 1.85. The van der Waals surface area contributed by atoms with E-state index in [-0.39, 0.29) is 23.4 Å². The molecule has 0 aliphatic rings. The van der Waals surface area contributed by atoms with Crippen molar-refractivity contribution in [2.24, 2.45) is 0 Å². The number of rotatable bonds is 4. The summed E-state index contributed by atoms with van der Waals surface area (Å²) in [5.74, 6) is -1.70. The van der Waals surface area contributed by atoms with Crippen LogP contribution in [0.5, 0.6) is 0 Å². The summed E-state index contributed by atoms with van der Waals surface area (Å²) in [6.07, 6.45) is 1.43. The molecule has 0 saturated heterocycles. The first-order valence-corrected chi connectivity index (χ1v) is 4.47. The Balaban J connectivity index is 2.94. The summed E-state index contributed by atoms with van der Waals surface area (Å²) in [7, 11) is 0. The normalized spacial score (nSPS) is 9.50. The van der Waals surface area contributed by atoms with Crippen LogP contribution in [0.1, 0.15) is 20.7 Å². The van der Waals surface area contributed by atoms with Gasteiger partial charge in [0.1, 0.15) is 6.61 Å². The number of hydrogen-bond acceptors (Lipinski definition) is 4. The fourth-order valence-corrected chi connectivity index (χ4v) is 1.09. The van der Waals surface area contributed by atoms with Crippen LogP contribution in [0.3, 0.4) is 0 Å². The highest BCUT2D eigenvalue weighted by Gasteiger charge is 2.13. The van der Waals surface area contributed by atoms with E-state index in [0.717, 1.165) is 0 Å². The maximum Gasteiger partial charge on any atom is 0.340 e. The lowest BCUT2D eigenvalue weighted by molar-refractivity contribution is 0.0549. The third-order valence-electron chi connectivity index (χ3n) is 1.85. The van der Waals surface area contributed by atoms with Gasteiger partial charge in [-0.2, -0.15) is 0 Å². The number of carboxylic acids is 1. The van der Waals surface area contributed by atoms with E-state index in [9.17, 15) is 9.59 Å². The first-order chi connectivity index (χ1) is 7.56. The number of nitrogens with two attached hydrogens (primary N) is 1. The zero-order valence-electron chi connectivity index (χ0n) is 8.47. The van der Waals surface area contributed by atoms with Crippen LogP contribution in [0.15, 0.2) is 30.9 Å². The number of carbonyl (C=O) groups is 2. The Kier molecular flexibility index (Phi) is 3.66. The molecule has 0 unspecified atom stereocenters. The maximum absolute atomic E-state index is 11.4. The second kappa shape index (κ2) is 4.97. The highest BCUT2D eigenvalue weighted by Crippen LogP contribution is 2.15. The van der Waals surface area contributed by atoms with E-state index in [0.29, 0.717) is 0 Å². The largest absolute Gasteiger partial charge is 0.478 e. The average Bonchev–Trinajstić information content (AvgIpc) is 2.25. The second-order valence-electron chi connectivity index (χ2n) is 2.99. The molecule has 0 amide bonds. The number of ether oxygens (including phenoxy) is 1. The van der Waals surface area contributed by atoms with Crippen LogP contribution in [-0.4, -0.2) is 23.7 Å². The minimum absolute atomic E-state index is 0.0257. The predicted molar refractivity (Wildman–Crippen MR) is 58.3 cm³/mol. The van der Waals surface area contributed by atoms with Gasteiger partial charge in [0.05, 0.1) is 11.1 Å². The minimum Gasteiger partial charge on any atom is -0.478 e. The number of carboxylic acid groups (broad SMARTS) is 1. The Labute approximate surface area is 92.1 Å². The lowest BCUT2D eigenvalue weighted by atomic mass is 10.1. The molecule has 0 radical (unpaired) electrons. The monoisotopic (exact) mass is 221 g/mol. The van der Waals surface area contributed by atoms with Gasteiger partial charge in [-0.1, -0.05) is 12.7 Å². The number of nitrogen functional groups attached to an aromatic ring is 1. The van der Waals surface area contributed by atoms with Gasteiger partial charge >= 0.3 is 11.9 Å². The van der Waals surface area contributed by atoms with Crippen LogP contribution in [0.2, 0.25) is 0 Å². The van der Waals surface area contributed by atoms with Crippen LogP contribution >= 0.6 is 0 Å². The lowest BCUT2D eigenvalue weighted by Crippen LogP contribution is -2.09. The summed E-state index contributed by atoms with van der Waals surface area (Å²) in [5, 5.41) is 8.70. The molecule has 0 spiro atoms. The van der Waals surface area contributed by atoms with Crippen molar-refractivity contribution >= 4 is 17.6 Å². The molecule has 0 aliphatic carbocycles. The van der Waals surface area contributed by atoms with E-state index in [1.54, 1.807) is 0 Å². The highest BCUT2D eigenvalue weighted by molar-refractivity contribution is 5.98. The Bertz CT molecular complexity index is 440. The molecule has 16 heavy (non-hydrogen) atoms. The molecule has 1 rings (SSSR count). The molecule has 1 aromatic rings. The zero-order valence-corrected chi connectivity index (χ0v) is 8.47. The molecule has 0 atom stereocenters. The van der Waals surface area contributed by atoms with Crippen molar-refractivity contribution in [2.75, 3.05) is 12.3 Å². The first-order valence-electron chi connectivity index (χ1n) is 4.47. The molecule has 84 valence electrons. The fraction of sp³-hybridized carbons (Fsp3) is 0.0909. The van der Waals surface area contributed by atoms with Crippen molar-refractivity contribution < 1.29 is 19.4 Å². The van der Waals surface area contributed by atoms with Crippen LogP contribution < -0.4 is 5.73 Å². The van der Waals surface area contributed by atoms with Gasteiger partial charge in [-0.3, -0.25) is 0 Å². The first kappa shape index (κ1) is 11.8.